The van der Waals surface area contributed by atoms with Gasteiger partial charge < -0.3 is 30.0 Å². The molecule has 1 saturated carbocycles. The molecule has 0 aromatic heterocycles. The van der Waals surface area contributed by atoms with Crippen molar-refractivity contribution >= 4 is 21.1 Å². The molecule has 0 radical (unpaired) electrons. The Bertz CT molecular complexity index is 453. The monoisotopic (exact) mass is 345 g/mol. The van der Waals surface area contributed by atoms with Gasteiger partial charge in [0.15, 0.2) is 0 Å². The predicted molar refractivity (Wildman–Crippen MR) is 73.2 cm³/mol. The maximum atomic E-state index is 11.3. The van der Waals surface area contributed by atoms with Gasteiger partial charge in [-0.15, -0.1) is 0 Å². The predicted octanol–water partition coefficient (Wildman–Crippen LogP) is 0.0729. The average molecular weight is 345 g/mol. The summed E-state index contributed by atoms with van der Waals surface area (Å²) in [6.07, 6.45) is 1.21. The Labute approximate surface area is 122 Å². The van der Waals surface area contributed by atoms with Crippen LogP contribution < -0.4 is 5.32 Å². The number of nitrogens with one attached hydrogen (secondary N) is 1. The molecule has 1 fully saturated rings. The van der Waals surface area contributed by atoms with Gasteiger partial charge in [-0.25, -0.2) is 0 Å². The first kappa shape index (κ1) is 18.8. The lowest BCUT2D eigenvalue weighted by Gasteiger charge is -2.35. The second-order valence-electron chi connectivity index (χ2n) is 5.48. The fourth-order valence-corrected chi connectivity index (χ4v) is 4.94. The zero-order valence-corrected chi connectivity index (χ0v) is 13.3. The zero-order valence-electron chi connectivity index (χ0n) is 11.5. The van der Waals surface area contributed by atoms with Crippen molar-refractivity contribution in [2.45, 2.75) is 50.2 Å². The Hall–Kier alpha value is -0.270. The first-order valence-electron chi connectivity index (χ1n) is 6.47. The highest BCUT2D eigenvalue weighted by atomic mass is 31.2. The molecule has 11 heteroatoms. The first-order valence-corrected chi connectivity index (χ1v) is 9.70. The molecular formula is C10H21NO8P2. The molecule has 1 rings (SSSR count). The van der Waals surface area contributed by atoms with Crippen molar-refractivity contribution in [2.24, 2.45) is 5.92 Å². The number of carbonyl (C=O) groups is 1. The standard InChI is InChI=1S/C10H21NO8P2/c1-7(12)11-9-4-2-8(3-5-9)6-10(13,20(14,15)16)21(17,18)19/h8-9,13H,2-6H2,1H3,(H,11,12)(H2,14,15,16)(H2,17,18,19). The van der Waals surface area contributed by atoms with Gasteiger partial charge in [0.05, 0.1) is 0 Å². The zero-order chi connectivity index (χ0) is 16.5. The van der Waals surface area contributed by atoms with Crippen molar-refractivity contribution in [1.82, 2.24) is 5.32 Å². The highest BCUT2D eigenvalue weighted by Crippen LogP contribution is 2.70. The normalized spacial score (nSPS) is 24.7. The van der Waals surface area contributed by atoms with Crippen LogP contribution in [-0.2, 0) is 13.9 Å². The number of amides is 1. The summed E-state index contributed by atoms with van der Waals surface area (Å²) in [6, 6.07) is -0.0584. The van der Waals surface area contributed by atoms with Crippen LogP contribution in [-0.4, -0.2) is 41.7 Å². The van der Waals surface area contributed by atoms with Crippen molar-refractivity contribution in [3.8, 4) is 0 Å². The number of hydrogen-bond acceptors (Lipinski definition) is 4. The Morgan fingerprint density at radius 2 is 1.52 bits per heavy atom. The number of carbonyl (C=O) groups excluding carboxylic acids is 1. The van der Waals surface area contributed by atoms with E-state index in [9.17, 15) is 19.0 Å². The van der Waals surface area contributed by atoms with E-state index in [-0.39, 0.29) is 11.9 Å². The lowest BCUT2D eigenvalue weighted by Crippen LogP contribution is -2.38. The van der Waals surface area contributed by atoms with Gasteiger partial charge >= 0.3 is 15.2 Å². The summed E-state index contributed by atoms with van der Waals surface area (Å²) in [5.74, 6) is -0.611. The molecule has 0 aromatic rings. The number of rotatable bonds is 5. The summed E-state index contributed by atoms with van der Waals surface area (Å²) in [5, 5.41) is 9.23. The van der Waals surface area contributed by atoms with Crippen LogP contribution in [0.2, 0.25) is 0 Å². The minimum absolute atomic E-state index is 0.0584. The van der Waals surface area contributed by atoms with Crippen LogP contribution in [0.1, 0.15) is 39.0 Å². The third-order valence-electron chi connectivity index (χ3n) is 3.75. The summed E-state index contributed by atoms with van der Waals surface area (Å²) in [7, 11) is -10.8. The second-order valence-corrected chi connectivity index (χ2v) is 9.49. The van der Waals surface area contributed by atoms with E-state index >= 15 is 0 Å². The topological polar surface area (TPSA) is 164 Å². The van der Waals surface area contributed by atoms with E-state index in [4.69, 9.17) is 19.6 Å². The van der Waals surface area contributed by atoms with Crippen molar-refractivity contribution < 1.29 is 38.6 Å². The molecule has 21 heavy (non-hydrogen) atoms. The van der Waals surface area contributed by atoms with Crippen LogP contribution in [0.4, 0.5) is 0 Å². The molecular weight excluding hydrogens is 324 g/mol. The smallest absolute Gasteiger partial charge is 0.368 e. The molecule has 0 unspecified atom stereocenters. The van der Waals surface area contributed by atoms with Crippen LogP contribution in [0.3, 0.4) is 0 Å². The molecule has 1 aliphatic carbocycles. The Morgan fingerprint density at radius 3 is 1.86 bits per heavy atom. The van der Waals surface area contributed by atoms with E-state index in [2.05, 4.69) is 5.32 Å². The maximum absolute atomic E-state index is 11.3. The summed E-state index contributed by atoms with van der Waals surface area (Å²) >= 11 is 0. The van der Waals surface area contributed by atoms with Crippen molar-refractivity contribution in [3.63, 3.8) is 0 Å². The lowest BCUT2D eigenvalue weighted by molar-refractivity contribution is -0.119. The van der Waals surface area contributed by atoms with Gasteiger partial charge in [-0.1, -0.05) is 0 Å². The highest BCUT2D eigenvalue weighted by molar-refractivity contribution is 7.72. The van der Waals surface area contributed by atoms with E-state index in [0.29, 0.717) is 25.7 Å². The van der Waals surface area contributed by atoms with E-state index < -0.39 is 32.6 Å². The molecule has 0 bridgehead atoms. The molecule has 124 valence electrons. The first-order chi connectivity index (χ1) is 9.37. The van der Waals surface area contributed by atoms with Gasteiger partial charge in [0, 0.05) is 19.4 Å². The Morgan fingerprint density at radius 1 is 1.10 bits per heavy atom. The minimum atomic E-state index is -5.39. The van der Waals surface area contributed by atoms with Gasteiger partial charge in [-0.05, 0) is 31.6 Å². The number of hydrogen-bond donors (Lipinski definition) is 6. The SMILES string of the molecule is CC(=O)NC1CCC(CC(O)(P(=O)(O)O)P(=O)(O)O)CC1. The molecule has 0 saturated heterocycles. The molecule has 0 aromatic carbocycles. The summed E-state index contributed by atoms with van der Waals surface area (Å²) in [4.78, 5) is 47.3. The number of aliphatic hydroxyl groups is 1. The summed E-state index contributed by atoms with van der Waals surface area (Å²) < 4.78 is 22.6. The van der Waals surface area contributed by atoms with E-state index in [0.717, 1.165) is 0 Å². The molecule has 1 aliphatic rings. The molecule has 0 aliphatic heterocycles. The lowest BCUT2D eigenvalue weighted by atomic mass is 9.84. The average Bonchev–Trinajstić information content (AvgIpc) is 2.28. The quantitative estimate of drug-likeness (QED) is 0.381. The van der Waals surface area contributed by atoms with Gasteiger partial charge in [-0.2, -0.15) is 0 Å². The fraction of sp³-hybridized carbons (Fsp3) is 0.900. The van der Waals surface area contributed by atoms with Crippen molar-refractivity contribution in [3.05, 3.63) is 0 Å². The van der Waals surface area contributed by atoms with Gasteiger partial charge in [0.25, 0.3) is 5.08 Å². The van der Waals surface area contributed by atoms with E-state index in [1.54, 1.807) is 0 Å². The Balaban J connectivity index is 2.74. The van der Waals surface area contributed by atoms with E-state index in [1.165, 1.54) is 6.92 Å². The summed E-state index contributed by atoms with van der Waals surface area (Å²) in [5.41, 5.74) is 0. The second kappa shape index (κ2) is 6.46. The van der Waals surface area contributed by atoms with Crippen LogP contribution in [0.25, 0.3) is 0 Å². The molecule has 6 N–H and O–H groups in total. The summed E-state index contributed by atoms with van der Waals surface area (Å²) in [6.45, 7) is 1.38. The van der Waals surface area contributed by atoms with Crippen LogP contribution in [0, 0.1) is 5.92 Å². The molecule has 0 spiro atoms. The molecule has 9 nitrogen and oxygen atoms in total. The highest BCUT2D eigenvalue weighted by Gasteiger charge is 2.59. The van der Waals surface area contributed by atoms with Gasteiger partial charge in [-0.3, -0.25) is 13.9 Å². The fourth-order valence-electron chi connectivity index (χ4n) is 2.59. The van der Waals surface area contributed by atoms with Crippen molar-refractivity contribution in [1.29, 1.82) is 0 Å². The van der Waals surface area contributed by atoms with Crippen LogP contribution >= 0.6 is 15.2 Å². The van der Waals surface area contributed by atoms with Gasteiger partial charge in [0.2, 0.25) is 5.91 Å². The maximum Gasteiger partial charge on any atom is 0.369 e. The molecule has 1 amide bonds. The van der Waals surface area contributed by atoms with Crippen LogP contribution in [0.5, 0.6) is 0 Å². The third kappa shape index (κ3) is 4.60. The van der Waals surface area contributed by atoms with Crippen LogP contribution in [0.15, 0.2) is 0 Å². The largest absolute Gasteiger partial charge is 0.369 e. The van der Waals surface area contributed by atoms with E-state index in [1.807, 2.05) is 0 Å². The molecule has 0 atom stereocenters. The molecule has 0 heterocycles. The minimum Gasteiger partial charge on any atom is -0.368 e. The Kier molecular flexibility index (Phi) is 5.78. The third-order valence-corrected chi connectivity index (χ3v) is 7.54. The van der Waals surface area contributed by atoms with Gasteiger partial charge in [0.1, 0.15) is 0 Å². The van der Waals surface area contributed by atoms with Crippen molar-refractivity contribution in [2.75, 3.05) is 0 Å².